The number of aryl methyl sites for hydroxylation is 1. The van der Waals surface area contributed by atoms with Crippen LogP contribution in [0.3, 0.4) is 0 Å². The minimum absolute atomic E-state index is 0.237. The summed E-state index contributed by atoms with van der Waals surface area (Å²) in [5, 5.41) is 0. The molecule has 0 aromatic carbocycles. The van der Waals surface area contributed by atoms with Crippen LogP contribution >= 0.6 is 0 Å². The molecule has 0 radical (unpaired) electrons. The van der Waals surface area contributed by atoms with E-state index in [0.717, 1.165) is 30.4 Å². The molecular formula is C17H28N4O2. The van der Waals surface area contributed by atoms with Crippen molar-refractivity contribution in [1.29, 1.82) is 0 Å². The van der Waals surface area contributed by atoms with E-state index in [-0.39, 0.29) is 6.09 Å². The summed E-state index contributed by atoms with van der Waals surface area (Å²) in [6, 6.07) is 2.01. The van der Waals surface area contributed by atoms with E-state index in [1.165, 1.54) is 0 Å². The second kappa shape index (κ2) is 6.72. The Morgan fingerprint density at radius 1 is 1.17 bits per heavy atom. The number of nitrogens with zero attached hydrogens (tertiary/aromatic N) is 4. The van der Waals surface area contributed by atoms with Gasteiger partial charge in [0, 0.05) is 43.9 Å². The lowest BCUT2D eigenvalue weighted by Gasteiger charge is -2.36. The van der Waals surface area contributed by atoms with E-state index in [0.29, 0.717) is 19.0 Å². The van der Waals surface area contributed by atoms with Gasteiger partial charge in [-0.15, -0.1) is 0 Å². The quantitative estimate of drug-likeness (QED) is 0.838. The number of anilines is 1. The topological polar surface area (TPSA) is 58.6 Å². The highest BCUT2D eigenvalue weighted by Crippen LogP contribution is 2.19. The molecule has 1 aromatic heterocycles. The van der Waals surface area contributed by atoms with Crippen molar-refractivity contribution < 1.29 is 9.53 Å². The molecule has 2 rings (SSSR count). The smallest absolute Gasteiger partial charge is 0.410 e. The van der Waals surface area contributed by atoms with Crippen LogP contribution in [-0.2, 0) is 4.74 Å². The molecular weight excluding hydrogens is 292 g/mol. The normalized spacial score (nSPS) is 16.0. The second-order valence-corrected chi connectivity index (χ2v) is 7.33. The van der Waals surface area contributed by atoms with Crippen molar-refractivity contribution in [2.24, 2.45) is 0 Å². The maximum atomic E-state index is 12.1. The van der Waals surface area contributed by atoms with E-state index in [1.54, 1.807) is 4.90 Å². The summed E-state index contributed by atoms with van der Waals surface area (Å²) in [5.74, 6) is 2.12. The van der Waals surface area contributed by atoms with Crippen LogP contribution in [0.15, 0.2) is 6.07 Å². The molecule has 1 aliphatic heterocycles. The molecule has 1 amide bonds. The summed E-state index contributed by atoms with van der Waals surface area (Å²) in [5.41, 5.74) is 0.526. The number of aromatic nitrogens is 2. The molecule has 6 nitrogen and oxygen atoms in total. The largest absolute Gasteiger partial charge is 0.444 e. The molecule has 0 unspecified atom stereocenters. The van der Waals surface area contributed by atoms with Crippen molar-refractivity contribution in [2.75, 3.05) is 31.1 Å². The average molecular weight is 320 g/mol. The van der Waals surface area contributed by atoms with Gasteiger partial charge >= 0.3 is 6.09 Å². The van der Waals surface area contributed by atoms with Crippen molar-refractivity contribution in [1.82, 2.24) is 14.9 Å². The first kappa shape index (κ1) is 17.5. The molecule has 2 heterocycles. The van der Waals surface area contributed by atoms with E-state index in [1.807, 2.05) is 33.8 Å². The number of amides is 1. The van der Waals surface area contributed by atoms with Crippen molar-refractivity contribution in [3.63, 3.8) is 0 Å². The highest BCUT2D eigenvalue weighted by Gasteiger charge is 2.26. The van der Waals surface area contributed by atoms with Gasteiger partial charge in [-0.25, -0.2) is 14.8 Å². The summed E-state index contributed by atoms with van der Waals surface area (Å²) < 4.78 is 5.43. The number of rotatable bonds is 2. The Morgan fingerprint density at radius 2 is 1.78 bits per heavy atom. The lowest BCUT2D eigenvalue weighted by atomic mass is 10.2. The standard InChI is InChI=1S/C17H28N4O2/c1-12(2)15-18-13(3)11-14(19-15)20-7-9-21(10-8-20)16(22)23-17(4,5)6/h11-12H,7-10H2,1-6H3. The van der Waals surface area contributed by atoms with Crippen LogP contribution in [0.25, 0.3) is 0 Å². The number of carbonyl (C=O) groups is 1. The van der Waals surface area contributed by atoms with Crippen LogP contribution in [0.1, 0.15) is 52.1 Å². The van der Waals surface area contributed by atoms with Crippen LogP contribution in [0, 0.1) is 6.92 Å². The number of piperazine rings is 1. The van der Waals surface area contributed by atoms with Crippen LogP contribution in [0.4, 0.5) is 10.6 Å². The van der Waals surface area contributed by atoms with Crippen LogP contribution < -0.4 is 4.90 Å². The molecule has 1 fully saturated rings. The Kier molecular flexibility index (Phi) is 5.12. The molecule has 0 N–H and O–H groups in total. The van der Waals surface area contributed by atoms with Gasteiger partial charge in [0.2, 0.25) is 0 Å². The van der Waals surface area contributed by atoms with E-state index in [4.69, 9.17) is 4.74 Å². The molecule has 1 aliphatic rings. The van der Waals surface area contributed by atoms with Crippen molar-refractivity contribution >= 4 is 11.9 Å². The molecule has 128 valence electrons. The minimum atomic E-state index is -0.454. The zero-order valence-electron chi connectivity index (χ0n) is 15.1. The van der Waals surface area contributed by atoms with Crippen LogP contribution in [-0.4, -0.2) is 52.7 Å². The fourth-order valence-corrected chi connectivity index (χ4v) is 2.44. The highest BCUT2D eigenvalue weighted by atomic mass is 16.6. The summed E-state index contributed by atoms with van der Waals surface area (Å²) >= 11 is 0. The fourth-order valence-electron chi connectivity index (χ4n) is 2.44. The van der Waals surface area contributed by atoms with Gasteiger partial charge in [-0.1, -0.05) is 13.8 Å². The van der Waals surface area contributed by atoms with Crippen molar-refractivity contribution in [3.8, 4) is 0 Å². The first-order valence-corrected chi connectivity index (χ1v) is 8.24. The Hall–Kier alpha value is -1.85. The third-order valence-electron chi connectivity index (χ3n) is 3.63. The maximum Gasteiger partial charge on any atom is 0.410 e. The van der Waals surface area contributed by atoms with Gasteiger partial charge < -0.3 is 14.5 Å². The van der Waals surface area contributed by atoms with Gasteiger partial charge in [-0.05, 0) is 27.7 Å². The van der Waals surface area contributed by atoms with Gasteiger partial charge in [-0.3, -0.25) is 0 Å². The Morgan fingerprint density at radius 3 is 2.30 bits per heavy atom. The molecule has 23 heavy (non-hydrogen) atoms. The van der Waals surface area contributed by atoms with Crippen molar-refractivity contribution in [2.45, 2.75) is 53.1 Å². The van der Waals surface area contributed by atoms with Gasteiger partial charge in [0.1, 0.15) is 17.2 Å². The van der Waals surface area contributed by atoms with E-state index in [2.05, 4.69) is 28.7 Å². The fraction of sp³-hybridized carbons (Fsp3) is 0.706. The predicted molar refractivity (Wildman–Crippen MR) is 90.9 cm³/mol. The highest BCUT2D eigenvalue weighted by molar-refractivity contribution is 5.68. The third-order valence-corrected chi connectivity index (χ3v) is 3.63. The number of carbonyl (C=O) groups excluding carboxylic acids is 1. The lowest BCUT2D eigenvalue weighted by molar-refractivity contribution is 0.0240. The third kappa shape index (κ3) is 4.81. The van der Waals surface area contributed by atoms with Crippen molar-refractivity contribution in [3.05, 3.63) is 17.6 Å². The van der Waals surface area contributed by atoms with Gasteiger partial charge in [0.15, 0.2) is 0 Å². The summed E-state index contributed by atoms with van der Waals surface area (Å²) in [4.78, 5) is 25.2. The van der Waals surface area contributed by atoms with E-state index < -0.39 is 5.60 Å². The molecule has 0 atom stereocenters. The van der Waals surface area contributed by atoms with Gasteiger partial charge in [0.25, 0.3) is 0 Å². The molecule has 6 heteroatoms. The monoisotopic (exact) mass is 320 g/mol. The predicted octanol–water partition coefficient (Wildman–Crippen LogP) is 2.97. The van der Waals surface area contributed by atoms with Gasteiger partial charge in [-0.2, -0.15) is 0 Å². The first-order valence-electron chi connectivity index (χ1n) is 8.24. The SMILES string of the molecule is Cc1cc(N2CCN(C(=O)OC(C)(C)C)CC2)nc(C(C)C)n1. The van der Waals surface area contributed by atoms with E-state index >= 15 is 0 Å². The van der Waals surface area contributed by atoms with Gasteiger partial charge in [0.05, 0.1) is 0 Å². The van der Waals surface area contributed by atoms with Crippen LogP contribution in [0.2, 0.25) is 0 Å². The molecule has 1 aromatic rings. The second-order valence-electron chi connectivity index (χ2n) is 7.33. The Bertz CT molecular complexity index is 558. The Balaban J connectivity index is 2.01. The zero-order valence-corrected chi connectivity index (χ0v) is 15.1. The Labute approximate surface area is 138 Å². The van der Waals surface area contributed by atoms with Crippen LogP contribution in [0.5, 0.6) is 0 Å². The summed E-state index contributed by atoms with van der Waals surface area (Å²) in [6.07, 6.45) is -0.237. The number of hydrogen-bond donors (Lipinski definition) is 0. The maximum absolute atomic E-state index is 12.1. The average Bonchev–Trinajstić information content (AvgIpc) is 2.45. The summed E-state index contributed by atoms with van der Waals surface area (Å²) in [6.45, 7) is 14.7. The molecule has 1 saturated heterocycles. The number of ether oxygens (including phenoxy) is 1. The molecule has 0 spiro atoms. The van der Waals surface area contributed by atoms with E-state index in [9.17, 15) is 4.79 Å². The lowest BCUT2D eigenvalue weighted by Crippen LogP contribution is -2.50. The number of hydrogen-bond acceptors (Lipinski definition) is 5. The molecule has 0 bridgehead atoms. The zero-order chi connectivity index (χ0) is 17.2. The molecule has 0 aliphatic carbocycles. The summed E-state index contributed by atoms with van der Waals surface area (Å²) in [7, 11) is 0. The molecule has 0 saturated carbocycles. The minimum Gasteiger partial charge on any atom is -0.444 e. The first-order chi connectivity index (χ1) is 10.7.